The van der Waals surface area contributed by atoms with Crippen molar-refractivity contribution in [2.24, 2.45) is 5.41 Å². The van der Waals surface area contributed by atoms with Crippen molar-refractivity contribution in [1.82, 2.24) is 0 Å². The Labute approximate surface area is 112 Å². The van der Waals surface area contributed by atoms with Crippen molar-refractivity contribution in [3.63, 3.8) is 0 Å². The zero-order valence-corrected chi connectivity index (χ0v) is 12.4. The third kappa shape index (κ3) is 2.57. The summed E-state index contributed by atoms with van der Waals surface area (Å²) in [4.78, 5) is 0. The maximum atomic E-state index is 4.16. The SMILES string of the molecule is C=C(Nc1c(Br)ccc2c1CCC2)C(C)(C)C. The van der Waals surface area contributed by atoms with Crippen molar-refractivity contribution in [2.75, 3.05) is 5.32 Å². The summed E-state index contributed by atoms with van der Waals surface area (Å²) in [5.74, 6) is 0. The Morgan fingerprint density at radius 3 is 2.65 bits per heavy atom. The van der Waals surface area contributed by atoms with Gasteiger partial charge in [0.15, 0.2) is 0 Å². The Hall–Kier alpha value is -0.760. The summed E-state index contributed by atoms with van der Waals surface area (Å²) >= 11 is 3.64. The normalized spacial score (nSPS) is 14.6. The van der Waals surface area contributed by atoms with Gasteiger partial charge in [-0.1, -0.05) is 33.4 Å². The molecule has 1 N–H and O–H groups in total. The Morgan fingerprint density at radius 2 is 2.00 bits per heavy atom. The highest BCUT2D eigenvalue weighted by molar-refractivity contribution is 9.10. The van der Waals surface area contributed by atoms with Crippen molar-refractivity contribution in [3.05, 3.63) is 40.0 Å². The number of benzene rings is 1. The highest BCUT2D eigenvalue weighted by Gasteiger charge is 2.20. The molecule has 0 spiro atoms. The van der Waals surface area contributed by atoms with E-state index in [0.29, 0.717) is 0 Å². The molecule has 92 valence electrons. The number of rotatable bonds is 2. The molecule has 0 saturated heterocycles. The number of hydrogen-bond donors (Lipinski definition) is 1. The van der Waals surface area contributed by atoms with E-state index in [9.17, 15) is 0 Å². The highest BCUT2D eigenvalue weighted by Crippen LogP contribution is 2.37. The Bertz CT molecular complexity index is 455. The molecule has 1 aliphatic carbocycles. The quantitative estimate of drug-likeness (QED) is 0.817. The molecule has 2 rings (SSSR count). The molecule has 0 atom stereocenters. The summed E-state index contributed by atoms with van der Waals surface area (Å²) < 4.78 is 1.14. The van der Waals surface area contributed by atoms with Crippen LogP contribution in [0.2, 0.25) is 0 Å². The molecule has 0 aromatic heterocycles. The van der Waals surface area contributed by atoms with Gasteiger partial charge in [0.25, 0.3) is 0 Å². The smallest absolute Gasteiger partial charge is 0.0561 e. The standard InChI is InChI=1S/C15H20BrN/c1-10(15(2,3)4)17-14-12-7-5-6-11(12)8-9-13(14)16/h8-9,17H,1,5-7H2,2-4H3. The second-order valence-corrected chi connectivity index (χ2v) is 6.62. The van der Waals surface area contributed by atoms with E-state index < -0.39 is 0 Å². The number of halogens is 1. The molecule has 0 aliphatic heterocycles. The third-order valence-corrected chi connectivity index (χ3v) is 4.07. The predicted octanol–water partition coefficient (Wildman–Crippen LogP) is 4.91. The van der Waals surface area contributed by atoms with Crippen LogP contribution in [0.1, 0.15) is 38.3 Å². The van der Waals surface area contributed by atoms with Gasteiger partial charge in [0.1, 0.15) is 0 Å². The first-order valence-electron chi connectivity index (χ1n) is 6.16. The topological polar surface area (TPSA) is 12.0 Å². The minimum atomic E-state index is 0.0841. The molecule has 2 heteroatoms. The van der Waals surface area contributed by atoms with E-state index >= 15 is 0 Å². The second kappa shape index (κ2) is 4.49. The fraction of sp³-hybridized carbons (Fsp3) is 0.467. The van der Waals surface area contributed by atoms with Crippen LogP contribution < -0.4 is 5.32 Å². The predicted molar refractivity (Wildman–Crippen MR) is 78.4 cm³/mol. The van der Waals surface area contributed by atoms with Crippen LogP contribution in [0.25, 0.3) is 0 Å². The summed E-state index contributed by atoms with van der Waals surface area (Å²) in [5.41, 5.74) is 5.32. The summed E-state index contributed by atoms with van der Waals surface area (Å²) in [6.07, 6.45) is 3.65. The van der Waals surface area contributed by atoms with Gasteiger partial charge in [-0.2, -0.15) is 0 Å². The summed E-state index contributed by atoms with van der Waals surface area (Å²) in [7, 11) is 0. The second-order valence-electron chi connectivity index (χ2n) is 5.77. The van der Waals surface area contributed by atoms with Crippen LogP contribution in [-0.4, -0.2) is 0 Å². The van der Waals surface area contributed by atoms with Crippen LogP contribution in [-0.2, 0) is 12.8 Å². The summed E-state index contributed by atoms with van der Waals surface area (Å²) in [6.45, 7) is 10.7. The van der Waals surface area contributed by atoms with Gasteiger partial charge in [0.05, 0.1) is 5.69 Å². The first kappa shape index (κ1) is 12.7. The monoisotopic (exact) mass is 293 g/mol. The molecule has 0 fully saturated rings. The van der Waals surface area contributed by atoms with E-state index in [0.717, 1.165) is 10.2 Å². The first-order valence-corrected chi connectivity index (χ1v) is 6.95. The van der Waals surface area contributed by atoms with Crippen molar-refractivity contribution in [3.8, 4) is 0 Å². The largest absolute Gasteiger partial charge is 0.358 e. The minimum Gasteiger partial charge on any atom is -0.358 e. The Balaban J connectivity index is 2.33. The average Bonchev–Trinajstić information content (AvgIpc) is 2.68. The number of allylic oxidation sites excluding steroid dienone is 1. The van der Waals surface area contributed by atoms with Gasteiger partial charge in [-0.15, -0.1) is 0 Å². The number of fused-ring (bicyclic) bond motifs is 1. The van der Waals surface area contributed by atoms with E-state index in [4.69, 9.17) is 0 Å². The number of anilines is 1. The maximum Gasteiger partial charge on any atom is 0.0561 e. The Kier molecular flexibility index (Phi) is 3.35. The van der Waals surface area contributed by atoms with Crippen LogP contribution in [0.3, 0.4) is 0 Å². The zero-order chi connectivity index (χ0) is 12.6. The molecule has 0 unspecified atom stereocenters. The molecule has 0 saturated carbocycles. The molecular formula is C15H20BrN. The summed E-state index contributed by atoms with van der Waals surface area (Å²) in [5, 5.41) is 3.51. The van der Waals surface area contributed by atoms with Crippen molar-refractivity contribution in [2.45, 2.75) is 40.0 Å². The minimum absolute atomic E-state index is 0.0841. The lowest BCUT2D eigenvalue weighted by molar-refractivity contribution is 0.509. The van der Waals surface area contributed by atoms with E-state index in [1.165, 1.54) is 36.1 Å². The molecule has 1 aliphatic rings. The lowest BCUT2D eigenvalue weighted by Crippen LogP contribution is -2.16. The van der Waals surface area contributed by atoms with Crippen LogP contribution >= 0.6 is 15.9 Å². The van der Waals surface area contributed by atoms with Gasteiger partial charge in [-0.3, -0.25) is 0 Å². The molecule has 17 heavy (non-hydrogen) atoms. The van der Waals surface area contributed by atoms with Gasteiger partial charge in [0.2, 0.25) is 0 Å². The zero-order valence-electron chi connectivity index (χ0n) is 10.9. The molecule has 0 heterocycles. The van der Waals surface area contributed by atoms with Gasteiger partial charge in [0, 0.05) is 15.6 Å². The number of nitrogens with one attached hydrogen (secondary N) is 1. The summed E-state index contributed by atoms with van der Waals surface area (Å²) in [6, 6.07) is 4.37. The molecule has 0 radical (unpaired) electrons. The first-order chi connectivity index (χ1) is 7.89. The maximum absolute atomic E-state index is 4.16. The fourth-order valence-electron chi connectivity index (χ4n) is 2.11. The third-order valence-electron chi connectivity index (χ3n) is 3.41. The molecule has 0 bridgehead atoms. The lowest BCUT2D eigenvalue weighted by Gasteiger charge is -2.25. The van der Waals surface area contributed by atoms with Crippen molar-refractivity contribution in [1.29, 1.82) is 0 Å². The van der Waals surface area contributed by atoms with Crippen molar-refractivity contribution < 1.29 is 0 Å². The van der Waals surface area contributed by atoms with E-state index in [1.54, 1.807) is 0 Å². The van der Waals surface area contributed by atoms with Crippen LogP contribution in [0.15, 0.2) is 28.9 Å². The van der Waals surface area contributed by atoms with Gasteiger partial charge >= 0.3 is 0 Å². The highest BCUT2D eigenvalue weighted by atomic mass is 79.9. The van der Waals surface area contributed by atoms with Crippen LogP contribution in [0.5, 0.6) is 0 Å². The van der Waals surface area contributed by atoms with Gasteiger partial charge in [-0.25, -0.2) is 0 Å². The van der Waals surface area contributed by atoms with Gasteiger partial charge < -0.3 is 5.32 Å². The van der Waals surface area contributed by atoms with Crippen LogP contribution in [0.4, 0.5) is 5.69 Å². The van der Waals surface area contributed by atoms with Gasteiger partial charge in [-0.05, 0) is 52.4 Å². The lowest BCUT2D eigenvalue weighted by atomic mass is 9.92. The van der Waals surface area contributed by atoms with E-state index in [2.05, 4.69) is 60.7 Å². The molecule has 1 nitrogen and oxygen atoms in total. The average molecular weight is 294 g/mol. The van der Waals surface area contributed by atoms with E-state index in [-0.39, 0.29) is 5.41 Å². The molecule has 0 amide bonds. The molecular weight excluding hydrogens is 274 g/mol. The molecule has 1 aromatic rings. The molecule has 1 aromatic carbocycles. The number of hydrogen-bond acceptors (Lipinski definition) is 1. The Morgan fingerprint density at radius 1 is 1.29 bits per heavy atom. The van der Waals surface area contributed by atoms with Crippen molar-refractivity contribution >= 4 is 21.6 Å². The number of aryl methyl sites for hydroxylation is 1. The van der Waals surface area contributed by atoms with E-state index in [1.807, 2.05) is 0 Å². The fourth-order valence-corrected chi connectivity index (χ4v) is 2.58. The van der Waals surface area contributed by atoms with Crippen LogP contribution in [0, 0.1) is 5.41 Å².